The number of carbonyl (C=O) groups is 2. The van der Waals surface area contributed by atoms with E-state index < -0.39 is 10.8 Å². The Morgan fingerprint density at radius 3 is 2.36 bits per heavy atom. The van der Waals surface area contributed by atoms with Gasteiger partial charge in [0, 0.05) is 17.2 Å². The smallest absolute Gasteiger partial charge is 0.269 e. The summed E-state index contributed by atoms with van der Waals surface area (Å²) in [6.07, 6.45) is 0.00317. The maximum Gasteiger partial charge on any atom is 0.269 e. The van der Waals surface area contributed by atoms with E-state index in [2.05, 4.69) is 10.6 Å². The van der Waals surface area contributed by atoms with Crippen molar-refractivity contribution < 1.29 is 14.5 Å². The lowest BCUT2D eigenvalue weighted by atomic mass is 10.1. The summed E-state index contributed by atoms with van der Waals surface area (Å²) in [6.45, 7) is -0.241. The fourth-order valence-electron chi connectivity index (χ4n) is 1.95. The molecule has 7 nitrogen and oxygen atoms in total. The number of rotatable bonds is 6. The van der Waals surface area contributed by atoms with E-state index in [1.807, 2.05) is 0 Å². The van der Waals surface area contributed by atoms with Gasteiger partial charge < -0.3 is 10.6 Å². The number of anilines is 1. The zero-order valence-electron chi connectivity index (χ0n) is 12.8. The number of nitrogens with zero attached hydrogens (tertiary/aromatic N) is 1. The van der Waals surface area contributed by atoms with E-state index in [4.69, 9.17) is 23.2 Å². The van der Waals surface area contributed by atoms with E-state index >= 15 is 0 Å². The number of nitro benzene ring substituents is 1. The molecule has 2 aromatic rings. The molecule has 0 fully saturated rings. The van der Waals surface area contributed by atoms with E-state index in [0.29, 0.717) is 21.3 Å². The highest BCUT2D eigenvalue weighted by Crippen LogP contribution is 2.25. The van der Waals surface area contributed by atoms with E-state index in [1.54, 1.807) is 12.1 Å². The Kier molecular flexibility index (Phi) is 6.32. The number of hydrogen-bond acceptors (Lipinski definition) is 4. The summed E-state index contributed by atoms with van der Waals surface area (Å²) in [7, 11) is 0. The van der Waals surface area contributed by atoms with Gasteiger partial charge in [-0.05, 0) is 23.8 Å². The molecule has 0 saturated heterocycles. The second-order valence-corrected chi connectivity index (χ2v) is 5.89. The standard InChI is InChI=1S/C16H13Cl2N3O4/c17-11-3-6-13(18)14(8-11)20-16(23)9-19-15(22)7-10-1-4-12(5-2-10)21(24)25/h1-6,8H,7,9H2,(H,19,22)(H,20,23). The van der Waals surface area contributed by atoms with Crippen LogP contribution in [0, 0.1) is 10.1 Å². The minimum absolute atomic E-state index is 0.00317. The van der Waals surface area contributed by atoms with E-state index in [1.165, 1.54) is 30.3 Å². The van der Waals surface area contributed by atoms with Gasteiger partial charge in [-0.3, -0.25) is 19.7 Å². The van der Waals surface area contributed by atoms with Gasteiger partial charge in [0.15, 0.2) is 0 Å². The highest BCUT2D eigenvalue weighted by atomic mass is 35.5. The zero-order chi connectivity index (χ0) is 18.4. The molecule has 2 rings (SSSR count). The normalized spacial score (nSPS) is 10.2. The molecule has 0 bridgehead atoms. The lowest BCUT2D eigenvalue weighted by molar-refractivity contribution is -0.384. The Morgan fingerprint density at radius 2 is 1.72 bits per heavy atom. The largest absolute Gasteiger partial charge is 0.347 e. The lowest BCUT2D eigenvalue weighted by Crippen LogP contribution is -2.33. The van der Waals surface area contributed by atoms with Crippen LogP contribution in [0.3, 0.4) is 0 Å². The van der Waals surface area contributed by atoms with Gasteiger partial charge in [-0.25, -0.2) is 0 Å². The summed E-state index contributed by atoms with van der Waals surface area (Å²) >= 11 is 11.8. The molecule has 2 amide bonds. The lowest BCUT2D eigenvalue weighted by Gasteiger charge is -2.09. The molecule has 0 aliphatic rings. The van der Waals surface area contributed by atoms with Crippen molar-refractivity contribution in [2.24, 2.45) is 0 Å². The number of amides is 2. The molecule has 0 heterocycles. The topological polar surface area (TPSA) is 101 Å². The molecule has 25 heavy (non-hydrogen) atoms. The second kappa shape index (κ2) is 8.46. The summed E-state index contributed by atoms with van der Waals surface area (Å²) in [5.41, 5.74) is 0.895. The number of nitro groups is 1. The average Bonchev–Trinajstić information content (AvgIpc) is 2.57. The molecule has 0 saturated carbocycles. The predicted octanol–water partition coefficient (Wildman–Crippen LogP) is 3.20. The number of nitrogens with one attached hydrogen (secondary N) is 2. The number of hydrogen-bond donors (Lipinski definition) is 2. The van der Waals surface area contributed by atoms with Gasteiger partial charge in [0.05, 0.1) is 28.6 Å². The van der Waals surface area contributed by atoms with Crippen molar-refractivity contribution in [1.82, 2.24) is 5.32 Å². The summed E-state index contributed by atoms with van der Waals surface area (Å²) in [4.78, 5) is 33.7. The number of halogens is 2. The molecule has 130 valence electrons. The number of non-ortho nitro benzene ring substituents is 1. The number of carbonyl (C=O) groups excluding carboxylic acids is 2. The summed E-state index contributed by atoms with van der Waals surface area (Å²) in [5, 5.41) is 16.3. The van der Waals surface area contributed by atoms with Gasteiger partial charge in [-0.15, -0.1) is 0 Å². The van der Waals surface area contributed by atoms with Gasteiger partial charge in [0.1, 0.15) is 0 Å². The van der Waals surface area contributed by atoms with Crippen molar-refractivity contribution in [3.05, 3.63) is 68.2 Å². The molecular formula is C16H13Cl2N3O4. The molecule has 0 atom stereocenters. The predicted molar refractivity (Wildman–Crippen MR) is 94.9 cm³/mol. The van der Waals surface area contributed by atoms with Crippen molar-refractivity contribution >= 4 is 46.4 Å². The van der Waals surface area contributed by atoms with Crippen LogP contribution in [-0.2, 0) is 16.0 Å². The van der Waals surface area contributed by atoms with Crippen LogP contribution in [0.25, 0.3) is 0 Å². The molecule has 2 N–H and O–H groups in total. The Bertz CT molecular complexity index is 810. The highest BCUT2D eigenvalue weighted by Gasteiger charge is 2.10. The van der Waals surface area contributed by atoms with Crippen LogP contribution in [0.2, 0.25) is 10.0 Å². The first-order valence-corrected chi connectivity index (χ1v) is 7.85. The molecule has 2 aromatic carbocycles. The van der Waals surface area contributed by atoms with Crippen LogP contribution in [-0.4, -0.2) is 23.3 Å². The van der Waals surface area contributed by atoms with Gasteiger partial charge in [0.2, 0.25) is 11.8 Å². The average molecular weight is 382 g/mol. The molecule has 0 aliphatic heterocycles. The van der Waals surface area contributed by atoms with Crippen LogP contribution in [0.1, 0.15) is 5.56 Å². The maximum absolute atomic E-state index is 11.8. The van der Waals surface area contributed by atoms with Crippen LogP contribution in [0.4, 0.5) is 11.4 Å². The van der Waals surface area contributed by atoms with Crippen LogP contribution < -0.4 is 10.6 Å². The van der Waals surface area contributed by atoms with Crippen molar-refractivity contribution in [2.75, 3.05) is 11.9 Å². The second-order valence-electron chi connectivity index (χ2n) is 5.05. The fourth-order valence-corrected chi connectivity index (χ4v) is 2.29. The third kappa shape index (κ3) is 5.74. The van der Waals surface area contributed by atoms with Gasteiger partial charge in [-0.2, -0.15) is 0 Å². The molecule has 0 aliphatic carbocycles. The Balaban J connectivity index is 1.83. The minimum atomic E-state index is -0.519. The monoisotopic (exact) mass is 381 g/mol. The highest BCUT2D eigenvalue weighted by molar-refractivity contribution is 6.35. The Hall–Kier alpha value is -2.64. The van der Waals surface area contributed by atoms with E-state index in [0.717, 1.165) is 0 Å². The first-order valence-electron chi connectivity index (χ1n) is 7.10. The Labute approximate surface area is 153 Å². The van der Waals surface area contributed by atoms with Crippen molar-refractivity contribution in [3.63, 3.8) is 0 Å². The molecule has 9 heteroatoms. The van der Waals surface area contributed by atoms with E-state index in [-0.39, 0.29) is 24.6 Å². The molecule has 0 aromatic heterocycles. The molecule has 0 radical (unpaired) electrons. The summed E-state index contributed by atoms with van der Waals surface area (Å²) in [6, 6.07) is 10.2. The summed E-state index contributed by atoms with van der Waals surface area (Å²) < 4.78 is 0. The van der Waals surface area contributed by atoms with Gasteiger partial charge >= 0.3 is 0 Å². The summed E-state index contributed by atoms with van der Waals surface area (Å²) in [5.74, 6) is -0.845. The van der Waals surface area contributed by atoms with Crippen LogP contribution in [0.15, 0.2) is 42.5 Å². The molecule has 0 spiro atoms. The third-order valence-electron chi connectivity index (χ3n) is 3.16. The first-order chi connectivity index (χ1) is 11.8. The van der Waals surface area contributed by atoms with Crippen molar-refractivity contribution in [2.45, 2.75) is 6.42 Å². The van der Waals surface area contributed by atoms with Gasteiger partial charge in [-0.1, -0.05) is 35.3 Å². The molecule has 0 unspecified atom stereocenters. The maximum atomic E-state index is 11.8. The van der Waals surface area contributed by atoms with Crippen molar-refractivity contribution in [1.29, 1.82) is 0 Å². The van der Waals surface area contributed by atoms with E-state index in [9.17, 15) is 19.7 Å². The van der Waals surface area contributed by atoms with Crippen LogP contribution >= 0.6 is 23.2 Å². The number of benzene rings is 2. The van der Waals surface area contributed by atoms with Gasteiger partial charge in [0.25, 0.3) is 5.69 Å². The Morgan fingerprint density at radius 1 is 1.04 bits per heavy atom. The van der Waals surface area contributed by atoms with Crippen LogP contribution in [0.5, 0.6) is 0 Å². The first kappa shape index (κ1) is 18.7. The zero-order valence-corrected chi connectivity index (χ0v) is 14.3. The molecular weight excluding hydrogens is 369 g/mol. The van der Waals surface area contributed by atoms with Crippen molar-refractivity contribution in [3.8, 4) is 0 Å². The third-order valence-corrected chi connectivity index (χ3v) is 3.73. The minimum Gasteiger partial charge on any atom is -0.347 e. The quantitative estimate of drug-likeness (QED) is 0.592. The fraction of sp³-hybridized carbons (Fsp3) is 0.125. The SMILES string of the molecule is O=C(Cc1ccc([N+](=O)[O-])cc1)NCC(=O)Nc1cc(Cl)ccc1Cl.